The molecule has 0 saturated heterocycles. The summed E-state index contributed by atoms with van der Waals surface area (Å²) >= 11 is 0. The van der Waals surface area contributed by atoms with E-state index in [9.17, 15) is 19.2 Å². The van der Waals surface area contributed by atoms with E-state index >= 15 is 0 Å². The Bertz CT molecular complexity index is 683. The standard InChI is InChI=1S/C40H74O4/c1-3-5-6-7-8-9-17-24-31-38(42)33-26-19-12-13-21-28-35-40(44)36-29-22-15-14-20-27-34-39(43)32-25-18-11-10-16-23-30-37(41)4-2/h3-36H2,1-2H3. The summed E-state index contributed by atoms with van der Waals surface area (Å²) in [5, 5.41) is 0. The van der Waals surface area contributed by atoms with Gasteiger partial charge in [0.15, 0.2) is 0 Å². The number of rotatable bonds is 37. The molecule has 0 aromatic heterocycles. The van der Waals surface area contributed by atoms with Crippen LogP contribution in [0.15, 0.2) is 0 Å². The van der Waals surface area contributed by atoms with Crippen molar-refractivity contribution in [3.05, 3.63) is 0 Å². The van der Waals surface area contributed by atoms with Crippen LogP contribution in [-0.4, -0.2) is 23.1 Å². The highest BCUT2D eigenvalue weighted by atomic mass is 16.1. The van der Waals surface area contributed by atoms with Gasteiger partial charge in [0, 0.05) is 51.4 Å². The van der Waals surface area contributed by atoms with Gasteiger partial charge in [-0.15, -0.1) is 0 Å². The Morgan fingerprint density at radius 3 is 0.636 bits per heavy atom. The molecule has 0 atom stereocenters. The summed E-state index contributed by atoms with van der Waals surface area (Å²) in [5.74, 6) is 1.68. The monoisotopic (exact) mass is 619 g/mol. The molecule has 0 rings (SSSR count). The topological polar surface area (TPSA) is 68.3 Å². The SMILES string of the molecule is CCCCCCCCCCC(=O)CCCCCCCCC(=O)CCCCCCCCC(=O)CCCCCCCCC(=O)CC. The highest BCUT2D eigenvalue weighted by Crippen LogP contribution is 2.15. The van der Waals surface area contributed by atoms with Gasteiger partial charge in [0.1, 0.15) is 23.1 Å². The molecule has 0 amide bonds. The lowest BCUT2D eigenvalue weighted by molar-refractivity contribution is -0.120. The summed E-state index contributed by atoms with van der Waals surface area (Å²) in [6.45, 7) is 4.18. The highest BCUT2D eigenvalue weighted by Gasteiger charge is 2.05. The van der Waals surface area contributed by atoms with Crippen LogP contribution in [0.3, 0.4) is 0 Å². The Labute approximate surface area is 274 Å². The van der Waals surface area contributed by atoms with Gasteiger partial charge in [-0.1, -0.05) is 136 Å². The van der Waals surface area contributed by atoms with E-state index in [1.54, 1.807) is 0 Å². The fourth-order valence-electron chi connectivity index (χ4n) is 6.06. The van der Waals surface area contributed by atoms with Crippen molar-refractivity contribution in [3.63, 3.8) is 0 Å². The van der Waals surface area contributed by atoms with Crippen molar-refractivity contribution in [1.29, 1.82) is 0 Å². The van der Waals surface area contributed by atoms with E-state index in [0.29, 0.717) is 29.6 Å². The normalized spacial score (nSPS) is 11.2. The van der Waals surface area contributed by atoms with Crippen LogP contribution in [0.2, 0.25) is 0 Å². The summed E-state index contributed by atoms with van der Waals surface area (Å²) in [5.41, 5.74) is 0. The van der Waals surface area contributed by atoms with E-state index in [-0.39, 0.29) is 0 Å². The van der Waals surface area contributed by atoms with Gasteiger partial charge in [0.2, 0.25) is 0 Å². The second kappa shape index (κ2) is 34.6. The number of ketones is 4. The third-order valence-corrected chi connectivity index (χ3v) is 9.19. The van der Waals surface area contributed by atoms with Gasteiger partial charge < -0.3 is 0 Å². The predicted molar refractivity (Wildman–Crippen MR) is 188 cm³/mol. The lowest BCUT2D eigenvalue weighted by Crippen LogP contribution is -1.99. The maximum atomic E-state index is 12.2. The highest BCUT2D eigenvalue weighted by molar-refractivity contribution is 5.79. The Hall–Kier alpha value is -1.32. The minimum Gasteiger partial charge on any atom is -0.300 e. The second-order valence-electron chi connectivity index (χ2n) is 13.6. The molecule has 0 N–H and O–H groups in total. The van der Waals surface area contributed by atoms with Crippen LogP contribution in [0.1, 0.15) is 232 Å². The maximum Gasteiger partial charge on any atom is 0.132 e. The van der Waals surface area contributed by atoms with Crippen molar-refractivity contribution in [2.45, 2.75) is 232 Å². The average Bonchev–Trinajstić information content (AvgIpc) is 3.02. The molecule has 0 unspecified atom stereocenters. The van der Waals surface area contributed by atoms with Crippen molar-refractivity contribution in [3.8, 4) is 0 Å². The van der Waals surface area contributed by atoms with Crippen LogP contribution in [-0.2, 0) is 19.2 Å². The van der Waals surface area contributed by atoms with E-state index < -0.39 is 0 Å². The lowest BCUT2D eigenvalue weighted by Gasteiger charge is -2.04. The minimum atomic E-state index is 0.375. The van der Waals surface area contributed by atoms with Crippen molar-refractivity contribution in [2.75, 3.05) is 0 Å². The van der Waals surface area contributed by atoms with E-state index in [4.69, 9.17) is 0 Å². The predicted octanol–water partition coefficient (Wildman–Crippen LogP) is 12.6. The molecule has 44 heavy (non-hydrogen) atoms. The van der Waals surface area contributed by atoms with Crippen LogP contribution in [0.4, 0.5) is 0 Å². The summed E-state index contributed by atoms with van der Waals surface area (Å²) < 4.78 is 0. The maximum absolute atomic E-state index is 12.2. The number of hydrogen-bond acceptors (Lipinski definition) is 4. The molecule has 0 aliphatic rings. The van der Waals surface area contributed by atoms with Gasteiger partial charge in [-0.3, -0.25) is 19.2 Å². The van der Waals surface area contributed by atoms with Gasteiger partial charge in [-0.2, -0.15) is 0 Å². The van der Waals surface area contributed by atoms with Gasteiger partial charge in [0.05, 0.1) is 0 Å². The summed E-state index contributed by atoms with van der Waals surface area (Å²) in [7, 11) is 0. The number of carbonyl (C=O) groups is 4. The zero-order valence-electron chi connectivity index (χ0n) is 29.7. The number of hydrogen-bond donors (Lipinski definition) is 0. The zero-order valence-corrected chi connectivity index (χ0v) is 29.7. The first-order valence-corrected chi connectivity index (χ1v) is 19.6. The van der Waals surface area contributed by atoms with E-state index in [1.165, 1.54) is 83.5 Å². The molecular weight excluding hydrogens is 544 g/mol. The molecular formula is C40H74O4. The van der Waals surface area contributed by atoms with Gasteiger partial charge in [0.25, 0.3) is 0 Å². The fraction of sp³-hybridized carbons (Fsp3) is 0.900. The first-order valence-electron chi connectivity index (χ1n) is 19.6. The largest absolute Gasteiger partial charge is 0.300 e. The summed E-state index contributed by atoms with van der Waals surface area (Å²) in [6.07, 6.45) is 36.2. The molecule has 0 heterocycles. The second-order valence-corrected chi connectivity index (χ2v) is 13.6. The van der Waals surface area contributed by atoms with E-state index in [2.05, 4.69) is 6.92 Å². The van der Waals surface area contributed by atoms with E-state index in [1.807, 2.05) is 6.92 Å². The van der Waals surface area contributed by atoms with Gasteiger partial charge >= 0.3 is 0 Å². The average molecular weight is 619 g/mol. The molecule has 0 aliphatic heterocycles. The van der Waals surface area contributed by atoms with Crippen LogP contribution in [0.5, 0.6) is 0 Å². The first-order chi connectivity index (χ1) is 21.5. The van der Waals surface area contributed by atoms with Gasteiger partial charge in [-0.25, -0.2) is 0 Å². The molecule has 0 aliphatic carbocycles. The lowest BCUT2D eigenvalue weighted by atomic mass is 10.0. The molecule has 4 nitrogen and oxygen atoms in total. The van der Waals surface area contributed by atoms with Crippen LogP contribution < -0.4 is 0 Å². The molecule has 0 fully saturated rings. The fourth-order valence-corrected chi connectivity index (χ4v) is 6.06. The Morgan fingerprint density at radius 1 is 0.250 bits per heavy atom. The number of unbranched alkanes of at least 4 members (excludes halogenated alkanes) is 22. The molecule has 4 heteroatoms. The van der Waals surface area contributed by atoms with Crippen LogP contribution >= 0.6 is 0 Å². The number of Topliss-reactive ketones (excluding diaryl/α,β-unsaturated/α-hetero) is 4. The van der Waals surface area contributed by atoms with Crippen molar-refractivity contribution >= 4 is 23.1 Å². The third kappa shape index (κ3) is 33.6. The Balaban J connectivity index is 3.33. The van der Waals surface area contributed by atoms with Crippen LogP contribution in [0.25, 0.3) is 0 Å². The smallest absolute Gasteiger partial charge is 0.132 e. The van der Waals surface area contributed by atoms with Gasteiger partial charge in [-0.05, 0) is 44.9 Å². The molecule has 0 spiro atoms. The Morgan fingerprint density at radius 2 is 0.432 bits per heavy atom. The Kier molecular flexibility index (Phi) is 33.5. The summed E-state index contributed by atoms with van der Waals surface area (Å²) in [4.78, 5) is 47.6. The number of carbonyl (C=O) groups excluding carboxylic acids is 4. The first kappa shape index (κ1) is 42.7. The molecule has 0 saturated carbocycles. The van der Waals surface area contributed by atoms with Crippen molar-refractivity contribution in [2.24, 2.45) is 0 Å². The molecule has 0 radical (unpaired) electrons. The van der Waals surface area contributed by atoms with Crippen molar-refractivity contribution in [1.82, 2.24) is 0 Å². The quantitative estimate of drug-likeness (QED) is 0.0649. The molecule has 0 bridgehead atoms. The molecule has 0 aromatic rings. The molecule has 0 aromatic carbocycles. The summed E-state index contributed by atoms with van der Waals surface area (Å²) in [6, 6.07) is 0. The van der Waals surface area contributed by atoms with Crippen molar-refractivity contribution < 1.29 is 19.2 Å². The minimum absolute atomic E-state index is 0.375. The van der Waals surface area contributed by atoms with E-state index in [0.717, 1.165) is 128 Å². The van der Waals surface area contributed by atoms with Crippen LogP contribution in [0, 0.1) is 0 Å². The molecule has 258 valence electrons. The third-order valence-electron chi connectivity index (χ3n) is 9.19. The zero-order chi connectivity index (χ0) is 32.4.